The number of nitriles is 1. The minimum Gasteiger partial charge on any atom is -0.437 e. The van der Waals surface area contributed by atoms with Crippen molar-refractivity contribution >= 4 is 28.5 Å². The molecule has 178 valence electrons. The van der Waals surface area contributed by atoms with Crippen LogP contribution in [-0.2, 0) is 11.8 Å². The summed E-state index contributed by atoms with van der Waals surface area (Å²) in [7, 11) is 1.86. The van der Waals surface area contributed by atoms with E-state index in [2.05, 4.69) is 49.2 Å². The van der Waals surface area contributed by atoms with Crippen LogP contribution >= 0.6 is 0 Å². The predicted octanol–water partition coefficient (Wildman–Crippen LogP) is 3.48. The molecule has 0 aromatic carbocycles. The summed E-state index contributed by atoms with van der Waals surface area (Å²) >= 11 is 0. The number of fused-ring (bicyclic) bond motifs is 1. The fraction of sp³-hybridized carbons (Fsp3) is 0.333. The van der Waals surface area contributed by atoms with Gasteiger partial charge in [0.15, 0.2) is 23.0 Å². The monoisotopic (exact) mass is 471 g/mol. The van der Waals surface area contributed by atoms with Crippen molar-refractivity contribution in [1.29, 1.82) is 5.26 Å². The molecule has 1 aliphatic heterocycles. The highest BCUT2D eigenvalue weighted by atomic mass is 16.5. The van der Waals surface area contributed by atoms with E-state index < -0.39 is 0 Å². The second kappa shape index (κ2) is 9.15. The third-order valence-electron chi connectivity index (χ3n) is 5.69. The highest BCUT2D eigenvalue weighted by Gasteiger charge is 2.23. The van der Waals surface area contributed by atoms with Gasteiger partial charge in [0, 0.05) is 26.2 Å². The number of nitrogens with zero attached hydrogens (tertiary/aromatic N) is 8. The molecule has 1 N–H and O–H groups in total. The quantitative estimate of drug-likeness (QED) is 0.462. The van der Waals surface area contributed by atoms with Gasteiger partial charge in [-0.05, 0) is 44.5 Å². The maximum absolute atomic E-state index is 9.06. The first kappa shape index (κ1) is 22.5. The van der Waals surface area contributed by atoms with Gasteiger partial charge in [-0.3, -0.25) is 0 Å². The molecule has 11 nitrogen and oxygen atoms in total. The summed E-state index contributed by atoms with van der Waals surface area (Å²) in [5.41, 5.74) is 3.11. The van der Waals surface area contributed by atoms with Crippen LogP contribution in [0.15, 0.2) is 36.8 Å². The van der Waals surface area contributed by atoms with Gasteiger partial charge in [-0.1, -0.05) is 0 Å². The molecule has 0 aliphatic carbocycles. The summed E-state index contributed by atoms with van der Waals surface area (Å²) in [6, 6.07) is 9.29. The molecule has 0 bridgehead atoms. The van der Waals surface area contributed by atoms with E-state index in [9.17, 15) is 0 Å². The average Bonchev–Trinajstić information content (AvgIpc) is 3.21. The van der Waals surface area contributed by atoms with Gasteiger partial charge in [0.2, 0.25) is 5.88 Å². The third-order valence-corrected chi connectivity index (χ3v) is 5.69. The van der Waals surface area contributed by atoms with Crippen LogP contribution < -0.4 is 15.0 Å². The number of ether oxygens (including phenoxy) is 2. The summed E-state index contributed by atoms with van der Waals surface area (Å²) in [6.07, 6.45) is 3.49. The molecule has 0 saturated carbocycles. The minimum absolute atomic E-state index is 0.140. The molecule has 0 unspecified atom stereocenters. The van der Waals surface area contributed by atoms with Crippen molar-refractivity contribution in [2.24, 2.45) is 7.05 Å². The number of aromatic nitrogens is 6. The van der Waals surface area contributed by atoms with E-state index in [1.807, 2.05) is 36.7 Å². The van der Waals surface area contributed by atoms with E-state index in [0.717, 1.165) is 24.5 Å². The topological polar surface area (TPSA) is 127 Å². The van der Waals surface area contributed by atoms with E-state index in [0.29, 0.717) is 40.0 Å². The van der Waals surface area contributed by atoms with E-state index >= 15 is 0 Å². The fourth-order valence-electron chi connectivity index (χ4n) is 4.11. The van der Waals surface area contributed by atoms with E-state index in [4.69, 9.17) is 14.7 Å². The molecule has 11 heteroatoms. The zero-order valence-corrected chi connectivity index (χ0v) is 19.9. The summed E-state index contributed by atoms with van der Waals surface area (Å²) in [4.78, 5) is 15.3. The van der Waals surface area contributed by atoms with Crippen molar-refractivity contribution in [2.75, 3.05) is 23.3 Å². The van der Waals surface area contributed by atoms with Gasteiger partial charge in [-0.25, -0.2) is 9.97 Å². The smallest absolute Gasteiger partial charge is 0.223 e. The largest absolute Gasteiger partial charge is 0.437 e. The Kier molecular flexibility index (Phi) is 5.88. The maximum atomic E-state index is 9.06. The molecule has 0 amide bonds. The van der Waals surface area contributed by atoms with Gasteiger partial charge in [0.1, 0.15) is 17.3 Å². The summed E-state index contributed by atoms with van der Waals surface area (Å²) in [6.45, 7) is 7.52. The Morgan fingerprint density at radius 3 is 2.63 bits per heavy atom. The Morgan fingerprint density at radius 2 is 1.94 bits per heavy atom. The molecule has 5 heterocycles. The molecule has 2 atom stereocenters. The van der Waals surface area contributed by atoms with Gasteiger partial charge < -0.3 is 24.3 Å². The number of morpholine rings is 1. The van der Waals surface area contributed by atoms with Crippen molar-refractivity contribution in [1.82, 2.24) is 29.7 Å². The first-order valence-electron chi connectivity index (χ1n) is 11.3. The van der Waals surface area contributed by atoms with Crippen LogP contribution in [0.3, 0.4) is 0 Å². The van der Waals surface area contributed by atoms with Crippen LogP contribution in [-0.4, -0.2) is 55.0 Å². The zero-order chi connectivity index (χ0) is 24.5. The lowest BCUT2D eigenvalue weighted by molar-refractivity contribution is -0.00550. The molecule has 35 heavy (non-hydrogen) atoms. The number of imidazole rings is 1. The van der Waals surface area contributed by atoms with Crippen LogP contribution in [0.25, 0.3) is 11.2 Å². The van der Waals surface area contributed by atoms with Crippen molar-refractivity contribution in [3.63, 3.8) is 0 Å². The zero-order valence-electron chi connectivity index (χ0n) is 19.9. The number of hydrogen-bond donors (Lipinski definition) is 1. The predicted molar refractivity (Wildman–Crippen MR) is 130 cm³/mol. The fourth-order valence-corrected chi connectivity index (χ4v) is 4.11. The lowest BCUT2D eigenvalue weighted by Crippen LogP contribution is -2.45. The van der Waals surface area contributed by atoms with Crippen LogP contribution in [0.5, 0.6) is 11.6 Å². The summed E-state index contributed by atoms with van der Waals surface area (Å²) < 4.78 is 13.6. The Balaban J connectivity index is 1.42. The Morgan fingerprint density at radius 1 is 1.14 bits per heavy atom. The Bertz CT molecular complexity index is 1400. The second-order valence-electron chi connectivity index (χ2n) is 8.65. The Labute approximate surface area is 202 Å². The molecular formula is C24H25N9O2. The molecule has 1 fully saturated rings. The summed E-state index contributed by atoms with van der Waals surface area (Å²) in [5, 5.41) is 21.2. The molecule has 0 radical (unpaired) electrons. The number of rotatable bonds is 5. The molecule has 1 aliphatic rings. The van der Waals surface area contributed by atoms with Gasteiger partial charge in [0.25, 0.3) is 0 Å². The molecule has 5 rings (SSSR count). The van der Waals surface area contributed by atoms with E-state index in [1.165, 1.54) is 6.20 Å². The lowest BCUT2D eigenvalue weighted by Gasteiger charge is -2.35. The molecule has 1 saturated heterocycles. The number of anilines is 3. The normalized spacial score (nSPS) is 17.9. The number of aryl methyl sites for hydroxylation is 2. The number of pyridine rings is 2. The van der Waals surface area contributed by atoms with E-state index in [-0.39, 0.29) is 12.2 Å². The second-order valence-corrected chi connectivity index (χ2v) is 8.65. The van der Waals surface area contributed by atoms with Crippen LogP contribution in [0.4, 0.5) is 17.3 Å². The van der Waals surface area contributed by atoms with Crippen LogP contribution in [0.2, 0.25) is 0 Å². The molecule has 0 spiro atoms. The van der Waals surface area contributed by atoms with Gasteiger partial charge in [-0.15, -0.1) is 10.2 Å². The lowest BCUT2D eigenvalue weighted by atomic mass is 10.2. The van der Waals surface area contributed by atoms with Crippen molar-refractivity contribution < 1.29 is 9.47 Å². The first-order valence-corrected chi connectivity index (χ1v) is 11.3. The Hall–Kier alpha value is -4.30. The standard InChI is InChI=1S/C24H25N9O2/c1-14-7-17(9-25)26-10-19(14)35-22-8-18(23-24(29-22)32(4)13-27-23)28-20-5-6-21(31-30-20)33-11-15(2)34-16(3)12-33/h5-8,10,13,15-16H,11-12H2,1-4H3,(H,28,29,30)/t15-,16-/m0/s1. The van der Waals surface area contributed by atoms with Crippen molar-refractivity contribution in [2.45, 2.75) is 33.0 Å². The highest BCUT2D eigenvalue weighted by Crippen LogP contribution is 2.31. The molecule has 4 aromatic rings. The maximum Gasteiger partial charge on any atom is 0.223 e. The average molecular weight is 472 g/mol. The van der Waals surface area contributed by atoms with Crippen LogP contribution in [0, 0.1) is 18.3 Å². The van der Waals surface area contributed by atoms with Gasteiger partial charge >= 0.3 is 0 Å². The van der Waals surface area contributed by atoms with Gasteiger partial charge in [-0.2, -0.15) is 10.2 Å². The minimum atomic E-state index is 0.140. The first-order chi connectivity index (χ1) is 16.9. The number of hydrogen-bond acceptors (Lipinski definition) is 10. The van der Waals surface area contributed by atoms with Crippen molar-refractivity contribution in [3.05, 3.63) is 48.0 Å². The van der Waals surface area contributed by atoms with Crippen molar-refractivity contribution in [3.8, 4) is 17.7 Å². The SMILES string of the molecule is Cc1cc(C#N)ncc1Oc1cc(Nc2ccc(N3C[C@H](C)O[C@@H](C)C3)nn2)c2ncn(C)c2n1. The number of nitrogens with one attached hydrogen (secondary N) is 1. The third kappa shape index (κ3) is 4.69. The highest BCUT2D eigenvalue weighted by molar-refractivity contribution is 5.88. The molecule has 4 aromatic heterocycles. The molecular weight excluding hydrogens is 446 g/mol. The summed E-state index contributed by atoms with van der Waals surface area (Å²) in [5.74, 6) is 2.26. The van der Waals surface area contributed by atoms with Crippen LogP contribution in [0.1, 0.15) is 25.1 Å². The van der Waals surface area contributed by atoms with Gasteiger partial charge in [0.05, 0.1) is 30.4 Å². The van der Waals surface area contributed by atoms with E-state index in [1.54, 1.807) is 18.5 Å².